The Hall–Kier alpha value is -1.63. The molecule has 7 nitrogen and oxygen atoms in total. The Bertz CT molecular complexity index is 451. The monoisotopic (exact) mass is 310 g/mol. The molecule has 0 fully saturated rings. The van der Waals surface area contributed by atoms with Crippen LogP contribution in [0.4, 0.5) is 0 Å². The molecule has 0 bridgehead atoms. The van der Waals surface area contributed by atoms with E-state index >= 15 is 0 Å². The molecule has 1 heterocycles. The van der Waals surface area contributed by atoms with Gasteiger partial charge < -0.3 is 15.7 Å². The fraction of sp³-hybridized carbons (Fsp3) is 0.800. The Morgan fingerprint density at radius 3 is 2.45 bits per heavy atom. The number of hydrogen-bond donors (Lipinski definition) is 3. The van der Waals surface area contributed by atoms with Crippen molar-refractivity contribution < 1.29 is 5.11 Å². The predicted octanol–water partition coefficient (Wildman–Crippen LogP) is 1.20. The molecular weight excluding hydrogens is 280 g/mol. The van der Waals surface area contributed by atoms with E-state index in [1.807, 2.05) is 14.0 Å². The lowest BCUT2D eigenvalue weighted by molar-refractivity contribution is 0.0257. The molecule has 0 aromatic carbocycles. The van der Waals surface area contributed by atoms with E-state index in [-0.39, 0.29) is 0 Å². The summed E-state index contributed by atoms with van der Waals surface area (Å²) in [5, 5.41) is 21.1. The van der Waals surface area contributed by atoms with Crippen molar-refractivity contribution in [2.75, 3.05) is 13.1 Å². The minimum Gasteiger partial charge on any atom is -0.388 e. The first-order valence-corrected chi connectivity index (χ1v) is 8.12. The van der Waals surface area contributed by atoms with Crippen molar-refractivity contribution in [2.45, 2.75) is 58.6 Å². The van der Waals surface area contributed by atoms with E-state index < -0.39 is 5.60 Å². The van der Waals surface area contributed by atoms with Crippen LogP contribution in [0.15, 0.2) is 11.3 Å². The highest BCUT2D eigenvalue weighted by molar-refractivity contribution is 5.79. The van der Waals surface area contributed by atoms with E-state index in [0.29, 0.717) is 19.0 Å². The number of aliphatic hydroxyl groups is 1. The molecule has 22 heavy (non-hydrogen) atoms. The van der Waals surface area contributed by atoms with Crippen molar-refractivity contribution in [1.82, 2.24) is 25.4 Å². The molecule has 0 amide bonds. The Morgan fingerprint density at radius 2 is 1.95 bits per heavy atom. The van der Waals surface area contributed by atoms with E-state index in [9.17, 15) is 5.11 Å². The lowest BCUT2D eigenvalue weighted by Gasteiger charge is -2.28. The Balaban J connectivity index is 2.64. The maximum atomic E-state index is 10.7. The van der Waals surface area contributed by atoms with Crippen LogP contribution in [-0.4, -0.2) is 44.5 Å². The molecule has 0 saturated heterocycles. The first kappa shape index (κ1) is 18.4. The van der Waals surface area contributed by atoms with Gasteiger partial charge in [0.2, 0.25) is 0 Å². The van der Waals surface area contributed by atoms with Crippen LogP contribution in [-0.2, 0) is 13.6 Å². The van der Waals surface area contributed by atoms with Gasteiger partial charge in [0.05, 0.1) is 5.60 Å². The molecule has 126 valence electrons. The second-order valence-corrected chi connectivity index (χ2v) is 5.57. The van der Waals surface area contributed by atoms with Gasteiger partial charge in [-0.1, -0.05) is 26.7 Å². The van der Waals surface area contributed by atoms with Crippen LogP contribution < -0.4 is 10.6 Å². The van der Waals surface area contributed by atoms with Crippen LogP contribution in [0.2, 0.25) is 0 Å². The molecule has 0 spiro atoms. The quantitative estimate of drug-likeness (QED) is 0.471. The average Bonchev–Trinajstić information content (AvgIpc) is 2.88. The zero-order valence-corrected chi connectivity index (χ0v) is 14.3. The maximum absolute atomic E-state index is 10.7. The molecule has 0 atom stereocenters. The molecule has 1 aromatic heterocycles. The molecule has 1 rings (SSSR count). The molecule has 3 N–H and O–H groups in total. The fourth-order valence-corrected chi connectivity index (χ4v) is 2.44. The van der Waals surface area contributed by atoms with Crippen molar-refractivity contribution in [3.63, 3.8) is 0 Å². The summed E-state index contributed by atoms with van der Waals surface area (Å²) in [5.74, 6) is 1.49. The van der Waals surface area contributed by atoms with Crippen molar-refractivity contribution in [2.24, 2.45) is 12.0 Å². The summed E-state index contributed by atoms with van der Waals surface area (Å²) in [7, 11) is 1.85. The topological polar surface area (TPSA) is 87.4 Å². The van der Waals surface area contributed by atoms with Gasteiger partial charge in [0.15, 0.2) is 5.96 Å². The van der Waals surface area contributed by atoms with Crippen molar-refractivity contribution in [3.8, 4) is 0 Å². The van der Waals surface area contributed by atoms with E-state index in [1.165, 1.54) is 6.33 Å². The first-order chi connectivity index (χ1) is 10.5. The third kappa shape index (κ3) is 6.01. The second-order valence-electron chi connectivity index (χ2n) is 5.57. The molecule has 0 aliphatic heterocycles. The number of hydrogen-bond acceptors (Lipinski definition) is 4. The molecule has 0 aliphatic rings. The lowest BCUT2D eigenvalue weighted by Crippen LogP contribution is -2.47. The van der Waals surface area contributed by atoms with Crippen LogP contribution in [0.3, 0.4) is 0 Å². The standard InChI is InChI=1S/C15H30N6O/c1-5-8-15(22,9-6-2)11-18-14(16-7-3)17-10-13-19-12-20-21(13)4/h12,22H,5-11H2,1-4H3,(H2,16,17,18). The van der Waals surface area contributed by atoms with Crippen molar-refractivity contribution in [3.05, 3.63) is 12.2 Å². The predicted molar refractivity (Wildman–Crippen MR) is 88.6 cm³/mol. The molecule has 0 unspecified atom stereocenters. The van der Waals surface area contributed by atoms with Gasteiger partial charge in [-0.2, -0.15) is 5.10 Å². The van der Waals surface area contributed by atoms with E-state index in [4.69, 9.17) is 0 Å². The van der Waals surface area contributed by atoms with Gasteiger partial charge in [0.25, 0.3) is 0 Å². The van der Waals surface area contributed by atoms with Gasteiger partial charge in [0, 0.05) is 20.1 Å². The highest BCUT2D eigenvalue weighted by Crippen LogP contribution is 2.18. The van der Waals surface area contributed by atoms with E-state index in [0.717, 1.165) is 38.1 Å². The number of nitrogens with one attached hydrogen (secondary N) is 2. The third-order valence-electron chi connectivity index (χ3n) is 3.54. The molecule has 1 aromatic rings. The number of aryl methyl sites for hydroxylation is 1. The molecule has 0 aliphatic carbocycles. The first-order valence-electron chi connectivity index (χ1n) is 8.12. The minimum atomic E-state index is -0.676. The number of nitrogens with zero attached hydrogens (tertiary/aromatic N) is 4. The van der Waals surface area contributed by atoms with Gasteiger partial charge in [-0.05, 0) is 19.8 Å². The van der Waals surface area contributed by atoms with Crippen LogP contribution in [0, 0.1) is 0 Å². The molecular formula is C15H30N6O. The van der Waals surface area contributed by atoms with E-state index in [2.05, 4.69) is 39.6 Å². The minimum absolute atomic E-state index is 0.450. The van der Waals surface area contributed by atoms with Crippen molar-refractivity contribution >= 4 is 5.96 Å². The molecule has 0 radical (unpaired) electrons. The summed E-state index contributed by atoms with van der Waals surface area (Å²) >= 11 is 0. The van der Waals surface area contributed by atoms with Gasteiger partial charge in [-0.25, -0.2) is 9.98 Å². The Labute approximate surface area is 133 Å². The number of aliphatic imine (C=N–C) groups is 1. The van der Waals surface area contributed by atoms with E-state index in [1.54, 1.807) is 4.68 Å². The summed E-state index contributed by atoms with van der Waals surface area (Å²) in [6.45, 7) is 7.92. The van der Waals surface area contributed by atoms with Gasteiger partial charge in [0.1, 0.15) is 18.7 Å². The summed E-state index contributed by atoms with van der Waals surface area (Å²) in [4.78, 5) is 8.66. The number of guanidine groups is 1. The smallest absolute Gasteiger partial charge is 0.191 e. The highest BCUT2D eigenvalue weighted by Gasteiger charge is 2.24. The maximum Gasteiger partial charge on any atom is 0.191 e. The third-order valence-corrected chi connectivity index (χ3v) is 3.54. The summed E-state index contributed by atoms with van der Waals surface area (Å²) < 4.78 is 1.71. The Morgan fingerprint density at radius 1 is 1.27 bits per heavy atom. The van der Waals surface area contributed by atoms with Gasteiger partial charge in [-0.3, -0.25) is 4.68 Å². The van der Waals surface area contributed by atoms with Crippen molar-refractivity contribution in [1.29, 1.82) is 0 Å². The van der Waals surface area contributed by atoms with Gasteiger partial charge in [-0.15, -0.1) is 0 Å². The highest BCUT2D eigenvalue weighted by atomic mass is 16.3. The SMILES string of the molecule is CCCC(O)(CCC)CNC(=NCc1ncnn1C)NCC. The molecule has 7 heteroatoms. The lowest BCUT2D eigenvalue weighted by atomic mass is 9.93. The average molecular weight is 310 g/mol. The van der Waals surface area contributed by atoms with Crippen LogP contribution in [0.25, 0.3) is 0 Å². The number of rotatable bonds is 9. The summed E-state index contributed by atoms with van der Waals surface area (Å²) in [5.41, 5.74) is -0.676. The normalized spacial score (nSPS) is 12.5. The second kappa shape index (κ2) is 9.40. The zero-order valence-electron chi connectivity index (χ0n) is 14.3. The summed E-state index contributed by atoms with van der Waals surface area (Å²) in [6.07, 6.45) is 5.02. The van der Waals surface area contributed by atoms with Crippen LogP contribution >= 0.6 is 0 Å². The van der Waals surface area contributed by atoms with Gasteiger partial charge >= 0.3 is 0 Å². The zero-order chi connectivity index (χ0) is 16.4. The number of aromatic nitrogens is 3. The van der Waals surface area contributed by atoms with Crippen LogP contribution in [0.5, 0.6) is 0 Å². The molecule has 0 saturated carbocycles. The largest absolute Gasteiger partial charge is 0.388 e. The Kier molecular flexibility index (Phi) is 7.87. The summed E-state index contributed by atoms with van der Waals surface area (Å²) in [6, 6.07) is 0. The fourth-order valence-electron chi connectivity index (χ4n) is 2.44. The van der Waals surface area contributed by atoms with Crippen LogP contribution in [0.1, 0.15) is 52.3 Å².